The van der Waals surface area contributed by atoms with Crippen molar-refractivity contribution in [1.82, 2.24) is 10.2 Å². The minimum Gasteiger partial charge on any atom is -0.468 e. The minimum absolute atomic E-state index is 0.00256. The number of amides is 1. The number of ether oxygens (including phenoxy) is 1. The van der Waals surface area contributed by atoms with Crippen molar-refractivity contribution in [2.75, 3.05) is 33.3 Å². The van der Waals surface area contributed by atoms with E-state index >= 15 is 0 Å². The first-order chi connectivity index (χ1) is 9.62. The van der Waals surface area contributed by atoms with Crippen molar-refractivity contribution in [1.29, 1.82) is 0 Å². The van der Waals surface area contributed by atoms with E-state index in [1.54, 1.807) is 4.90 Å². The van der Waals surface area contributed by atoms with Crippen LogP contribution in [0.5, 0.6) is 0 Å². The summed E-state index contributed by atoms with van der Waals surface area (Å²) < 4.78 is 4.72. The zero-order chi connectivity index (χ0) is 15.0. The van der Waals surface area contributed by atoms with Gasteiger partial charge in [-0.05, 0) is 25.3 Å². The van der Waals surface area contributed by atoms with Crippen molar-refractivity contribution < 1.29 is 14.3 Å². The zero-order valence-electron chi connectivity index (χ0n) is 13.0. The molecule has 20 heavy (non-hydrogen) atoms. The maximum absolute atomic E-state index is 12.6. The van der Waals surface area contributed by atoms with Crippen LogP contribution in [-0.2, 0) is 14.3 Å². The summed E-state index contributed by atoms with van der Waals surface area (Å²) in [6, 6.07) is 0. The summed E-state index contributed by atoms with van der Waals surface area (Å²) in [5.74, 6) is 0.200. The average molecular weight is 284 g/mol. The minimum atomic E-state index is -0.340. The van der Waals surface area contributed by atoms with Gasteiger partial charge in [0.05, 0.1) is 13.0 Å². The average Bonchev–Trinajstić information content (AvgIpc) is 2.51. The quantitative estimate of drug-likeness (QED) is 0.718. The van der Waals surface area contributed by atoms with Crippen molar-refractivity contribution >= 4 is 11.9 Å². The van der Waals surface area contributed by atoms with Crippen LogP contribution < -0.4 is 5.32 Å². The Labute approximate surface area is 122 Å². The lowest BCUT2D eigenvalue weighted by Crippen LogP contribution is -2.46. The lowest BCUT2D eigenvalue weighted by molar-refractivity contribution is -0.149. The number of methoxy groups -OCH3 is 1. The molecule has 0 aromatic heterocycles. The van der Waals surface area contributed by atoms with Gasteiger partial charge in [-0.15, -0.1) is 0 Å². The number of rotatable bonds is 7. The second kappa shape index (κ2) is 8.95. The van der Waals surface area contributed by atoms with Crippen LogP contribution >= 0.6 is 0 Å². The smallest absolute Gasteiger partial charge is 0.325 e. The molecule has 1 rings (SSSR count). The predicted octanol–water partition coefficient (Wildman–Crippen LogP) is 1.42. The number of carbonyl (C=O) groups excluding carboxylic acids is 2. The van der Waals surface area contributed by atoms with Crippen molar-refractivity contribution in [3.63, 3.8) is 0 Å². The molecule has 1 N–H and O–H groups in total. The topological polar surface area (TPSA) is 58.6 Å². The van der Waals surface area contributed by atoms with Gasteiger partial charge in [0.2, 0.25) is 5.91 Å². The highest BCUT2D eigenvalue weighted by atomic mass is 16.5. The van der Waals surface area contributed by atoms with E-state index in [-0.39, 0.29) is 24.3 Å². The Bertz CT molecular complexity index is 310. The van der Waals surface area contributed by atoms with Crippen LogP contribution in [0.4, 0.5) is 0 Å². The van der Waals surface area contributed by atoms with Gasteiger partial charge in [0.15, 0.2) is 0 Å². The standard InChI is InChI=1S/C15H28N2O3/c1-4-12(5-2)10-17(11-14(18)20-3)15(19)13-7-6-8-16-9-13/h12-13,16H,4-11H2,1-3H3/t13-/m1/s1. The van der Waals surface area contributed by atoms with Crippen LogP contribution in [0.25, 0.3) is 0 Å². The normalized spacial score (nSPS) is 18.9. The number of esters is 1. The van der Waals surface area contributed by atoms with E-state index in [0.717, 1.165) is 38.8 Å². The summed E-state index contributed by atoms with van der Waals surface area (Å²) in [5.41, 5.74) is 0. The first-order valence-electron chi connectivity index (χ1n) is 7.68. The van der Waals surface area contributed by atoms with Crippen LogP contribution in [0.1, 0.15) is 39.5 Å². The molecule has 5 heteroatoms. The van der Waals surface area contributed by atoms with Gasteiger partial charge >= 0.3 is 5.97 Å². The highest BCUT2D eigenvalue weighted by Crippen LogP contribution is 2.17. The molecule has 116 valence electrons. The van der Waals surface area contributed by atoms with Crippen molar-refractivity contribution in [3.05, 3.63) is 0 Å². The lowest BCUT2D eigenvalue weighted by atomic mass is 9.96. The van der Waals surface area contributed by atoms with E-state index in [1.165, 1.54) is 7.11 Å². The lowest BCUT2D eigenvalue weighted by Gasteiger charge is -2.31. The van der Waals surface area contributed by atoms with Crippen molar-refractivity contribution in [2.45, 2.75) is 39.5 Å². The maximum atomic E-state index is 12.6. The van der Waals surface area contributed by atoms with E-state index in [2.05, 4.69) is 19.2 Å². The maximum Gasteiger partial charge on any atom is 0.325 e. The summed E-state index contributed by atoms with van der Waals surface area (Å²) in [7, 11) is 1.37. The third-order valence-corrected chi connectivity index (χ3v) is 4.14. The molecule has 1 heterocycles. The van der Waals surface area contributed by atoms with Gasteiger partial charge in [0.1, 0.15) is 6.54 Å². The molecule has 0 bridgehead atoms. The van der Waals surface area contributed by atoms with Gasteiger partial charge in [-0.25, -0.2) is 0 Å². The number of hydrogen-bond donors (Lipinski definition) is 1. The number of nitrogens with zero attached hydrogens (tertiary/aromatic N) is 1. The molecule has 5 nitrogen and oxygen atoms in total. The number of piperidine rings is 1. The number of nitrogens with one attached hydrogen (secondary N) is 1. The van der Waals surface area contributed by atoms with E-state index < -0.39 is 0 Å². The molecule has 1 atom stereocenters. The Balaban J connectivity index is 2.68. The molecule has 0 spiro atoms. The molecule has 1 fully saturated rings. The summed E-state index contributed by atoms with van der Waals surface area (Å²) in [5, 5.41) is 3.26. The molecule has 1 aliphatic rings. The fraction of sp³-hybridized carbons (Fsp3) is 0.867. The second-order valence-electron chi connectivity index (χ2n) is 5.52. The van der Waals surface area contributed by atoms with E-state index in [0.29, 0.717) is 12.5 Å². The van der Waals surface area contributed by atoms with Gasteiger partial charge in [-0.1, -0.05) is 26.7 Å². The van der Waals surface area contributed by atoms with Gasteiger partial charge in [0, 0.05) is 13.1 Å². The van der Waals surface area contributed by atoms with Crippen LogP contribution in [-0.4, -0.2) is 50.1 Å². The Kier molecular flexibility index (Phi) is 7.59. The van der Waals surface area contributed by atoms with Crippen molar-refractivity contribution in [2.24, 2.45) is 11.8 Å². The van der Waals surface area contributed by atoms with Crippen LogP contribution in [0, 0.1) is 11.8 Å². The third kappa shape index (κ3) is 5.12. The monoisotopic (exact) mass is 284 g/mol. The van der Waals surface area contributed by atoms with Gasteiger partial charge < -0.3 is 15.0 Å². The van der Waals surface area contributed by atoms with Gasteiger partial charge in [0.25, 0.3) is 0 Å². The zero-order valence-corrected chi connectivity index (χ0v) is 13.0. The Morgan fingerprint density at radius 3 is 2.55 bits per heavy atom. The Morgan fingerprint density at radius 2 is 2.05 bits per heavy atom. The van der Waals surface area contributed by atoms with Crippen molar-refractivity contribution in [3.8, 4) is 0 Å². The molecule has 0 aromatic rings. The van der Waals surface area contributed by atoms with Crippen LogP contribution in [0.2, 0.25) is 0 Å². The molecule has 1 aliphatic heterocycles. The molecule has 0 radical (unpaired) electrons. The largest absolute Gasteiger partial charge is 0.468 e. The first-order valence-corrected chi connectivity index (χ1v) is 7.68. The fourth-order valence-corrected chi connectivity index (χ4v) is 2.63. The van der Waals surface area contributed by atoms with Gasteiger partial charge in [-0.2, -0.15) is 0 Å². The van der Waals surface area contributed by atoms with E-state index in [1.807, 2.05) is 0 Å². The van der Waals surface area contributed by atoms with Gasteiger partial charge in [-0.3, -0.25) is 9.59 Å². The molecule has 1 amide bonds. The summed E-state index contributed by atoms with van der Waals surface area (Å²) in [6.07, 6.45) is 3.97. The molecule has 0 aromatic carbocycles. The number of carbonyl (C=O) groups is 2. The molecule has 0 saturated carbocycles. The molecular formula is C15H28N2O3. The molecular weight excluding hydrogens is 256 g/mol. The highest BCUT2D eigenvalue weighted by Gasteiger charge is 2.28. The molecule has 1 saturated heterocycles. The van der Waals surface area contributed by atoms with E-state index in [4.69, 9.17) is 4.74 Å². The fourth-order valence-electron chi connectivity index (χ4n) is 2.63. The predicted molar refractivity (Wildman–Crippen MR) is 78.3 cm³/mol. The summed E-state index contributed by atoms with van der Waals surface area (Å²) >= 11 is 0. The third-order valence-electron chi connectivity index (χ3n) is 4.14. The SMILES string of the molecule is CCC(CC)CN(CC(=O)OC)C(=O)[C@@H]1CCCNC1. The van der Waals surface area contributed by atoms with Crippen LogP contribution in [0.3, 0.4) is 0 Å². The summed E-state index contributed by atoms with van der Waals surface area (Å²) in [6.45, 7) is 6.67. The molecule has 0 aliphatic carbocycles. The molecule has 0 unspecified atom stereocenters. The van der Waals surface area contributed by atoms with Crippen LogP contribution in [0.15, 0.2) is 0 Å². The Hall–Kier alpha value is -1.10. The highest BCUT2D eigenvalue weighted by molar-refractivity contribution is 5.83. The Morgan fingerprint density at radius 1 is 1.35 bits per heavy atom. The number of hydrogen-bond acceptors (Lipinski definition) is 4. The summed E-state index contributed by atoms with van der Waals surface area (Å²) in [4.78, 5) is 25.8. The first kappa shape index (κ1) is 17.0. The van der Waals surface area contributed by atoms with E-state index in [9.17, 15) is 9.59 Å². The second-order valence-corrected chi connectivity index (χ2v) is 5.52.